The summed E-state index contributed by atoms with van der Waals surface area (Å²) in [5.41, 5.74) is 0.919. The van der Waals surface area contributed by atoms with Crippen LogP contribution in [0, 0.1) is 0 Å². The van der Waals surface area contributed by atoms with E-state index in [2.05, 4.69) is 31.1 Å². The Bertz CT molecular complexity index is 471. The minimum Gasteiger partial charge on any atom is -0.444 e. The third-order valence-electron chi connectivity index (χ3n) is 2.25. The second-order valence-electron chi connectivity index (χ2n) is 5.08. The lowest BCUT2D eigenvalue weighted by Gasteiger charge is -2.19. The van der Waals surface area contributed by atoms with E-state index in [-0.39, 0.29) is 5.54 Å². The molecular weight excluding hydrogens is 248 g/mol. The van der Waals surface area contributed by atoms with Crippen LogP contribution in [0.3, 0.4) is 0 Å². The molecule has 0 aliphatic rings. The second-order valence-corrected chi connectivity index (χ2v) is 6.11. The normalized spacial score (nSPS) is 11.7. The summed E-state index contributed by atoms with van der Waals surface area (Å²) in [5.74, 6) is 0. The fraction of sp³-hybridized carbons (Fsp3) is 0.462. The molecule has 0 radical (unpaired) electrons. The zero-order valence-corrected chi connectivity index (χ0v) is 11.7. The van der Waals surface area contributed by atoms with E-state index in [4.69, 9.17) is 9.15 Å². The van der Waals surface area contributed by atoms with Gasteiger partial charge in [0.25, 0.3) is 0 Å². The molecule has 5 heteroatoms. The zero-order chi connectivity index (χ0) is 13.0. The van der Waals surface area contributed by atoms with Crippen molar-refractivity contribution in [3.63, 3.8) is 0 Å². The van der Waals surface area contributed by atoms with Gasteiger partial charge in [-0.1, -0.05) is 6.07 Å². The monoisotopic (exact) mass is 266 g/mol. The highest BCUT2D eigenvalue weighted by atomic mass is 32.1. The number of oxazole rings is 1. The quantitative estimate of drug-likeness (QED) is 0.902. The summed E-state index contributed by atoms with van der Waals surface area (Å²) >= 11 is 1.66. The SMILES string of the molecule is CC(C)(C)NCc1coc(OCc2cccs2)n1. The van der Waals surface area contributed by atoms with Crippen LogP contribution in [0.25, 0.3) is 0 Å². The lowest BCUT2D eigenvalue weighted by atomic mass is 10.1. The molecule has 1 N–H and O–H groups in total. The minimum atomic E-state index is 0.0664. The number of hydrogen-bond donors (Lipinski definition) is 1. The summed E-state index contributed by atoms with van der Waals surface area (Å²) < 4.78 is 10.7. The number of thiophene rings is 1. The van der Waals surface area contributed by atoms with E-state index in [9.17, 15) is 0 Å². The molecule has 0 spiro atoms. The summed E-state index contributed by atoms with van der Waals surface area (Å²) in [6.07, 6.45) is 1.96. The predicted molar refractivity (Wildman–Crippen MR) is 71.7 cm³/mol. The molecule has 0 saturated carbocycles. The smallest absolute Gasteiger partial charge is 0.394 e. The summed E-state index contributed by atoms with van der Waals surface area (Å²) in [7, 11) is 0. The first-order valence-corrected chi connectivity index (χ1v) is 6.75. The van der Waals surface area contributed by atoms with Gasteiger partial charge < -0.3 is 14.5 Å². The maximum Gasteiger partial charge on any atom is 0.394 e. The number of ether oxygens (including phenoxy) is 1. The molecule has 0 amide bonds. The van der Waals surface area contributed by atoms with Crippen molar-refractivity contribution in [2.45, 2.75) is 39.5 Å². The van der Waals surface area contributed by atoms with Gasteiger partial charge in [-0.05, 0) is 32.2 Å². The van der Waals surface area contributed by atoms with E-state index in [0.29, 0.717) is 19.2 Å². The molecule has 2 aromatic rings. The topological polar surface area (TPSA) is 47.3 Å². The van der Waals surface area contributed by atoms with Gasteiger partial charge in [0.15, 0.2) is 0 Å². The Morgan fingerprint density at radius 3 is 2.94 bits per heavy atom. The Balaban J connectivity index is 1.82. The van der Waals surface area contributed by atoms with Gasteiger partial charge >= 0.3 is 6.08 Å². The van der Waals surface area contributed by atoms with Gasteiger partial charge in [-0.2, -0.15) is 4.98 Å². The van der Waals surface area contributed by atoms with Crippen LogP contribution in [-0.4, -0.2) is 10.5 Å². The van der Waals surface area contributed by atoms with Gasteiger partial charge in [0.1, 0.15) is 12.9 Å². The highest BCUT2D eigenvalue weighted by Crippen LogP contribution is 2.15. The van der Waals surface area contributed by atoms with Crippen LogP contribution in [-0.2, 0) is 13.2 Å². The molecule has 18 heavy (non-hydrogen) atoms. The fourth-order valence-corrected chi connectivity index (χ4v) is 1.94. The lowest BCUT2D eigenvalue weighted by Crippen LogP contribution is -2.35. The molecule has 0 aromatic carbocycles. The van der Waals surface area contributed by atoms with Crippen molar-refractivity contribution in [3.05, 3.63) is 34.3 Å². The molecule has 0 fully saturated rings. The number of nitrogens with zero attached hydrogens (tertiary/aromatic N) is 1. The zero-order valence-electron chi connectivity index (χ0n) is 10.9. The van der Waals surface area contributed by atoms with E-state index < -0.39 is 0 Å². The molecule has 0 atom stereocenters. The molecule has 2 heterocycles. The van der Waals surface area contributed by atoms with Crippen molar-refractivity contribution < 1.29 is 9.15 Å². The van der Waals surface area contributed by atoms with Crippen molar-refractivity contribution in [3.8, 4) is 6.08 Å². The summed E-state index contributed by atoms with van der Waals surface area (Å²) in [4.78, 5) is 5.42. The van der Waals surface area contributed by atoms with Crippen molar-refractivity contribution in [2.75, 3.05) is 0 Å². The highest BCUT2D eigenvalue weighted by molar-refractivity contribution is 7.09. The van der Waals surface area contributed by atoms with Crippen LogP contribution < -0.4 is 10.1 Å². The van der Waals surface area contributed by atoms with Crippen molar-refractivity contribution in [1.82, 2.24) is 10.3 Å². The van der Waals surface area contributed by atoms with Gasteiger partial charge in [0.05, 0.1) is 5.69 Å². The lowest BCUT2D eigenvalue weighted by molar-refractivity contribution is 0.222. The van der Waals surface area contributed by atoms with Crippen LogP contribution in [0.4, 0.5) is 0 Å². The molecule has 0 aliphatic carbocycles. The second kappa shape index (κ2) is 5.54. The molecule has 98 valence electrons. The maximum absolute atomic E-state index is 5.47. The first-order chi connectivity index (χ1) is 8.53. The predicted octanol–water partition coefficient (Wildman–Crippen LogP) is 3.20. The molecular formula is C13H18N2O2S. The van der Waals surface area contributed by atoms with Gasteiger partial charge in [0.2, 0.25) is 0 Å². The molecule has 0 saturated heterocycles. The van der Waals surface area contributed by atoms with E-state index in [1.54, 1.807) is 17.6 Å². The van der Waals surface area contributed by atoms with E-state index >= 15 is 0 Å². The van der Waals surface area contributed by atoms with E-state index in [0.717, 1.165) is 10.6 Å². The van der Waals surface area contributed by atoms with Gasteiger partial charge in [-0.3, -0.25) is 0 Å². The first-order valence-electron chi connectivity index (χ1n) is 5.87. The number of hydrogen-bond acceptors (Lipinski definition) is 5. The molecule has 4 nitrogen and oxygen atoms in total. The van der Waals surface area contributed by atoms with Crippen molar-refractivity contribution in [1.29, 1.82) is 0 Å². The standard InChI is InChI=1S/C13H18N2O2S/c1-13(2,3)14-7-10-8-16-12(15-10)17-9-11-5-4-6-18-11/h4-6,8,14H,7,9H2,1-3H3. The summed E-state index contributed by atoms with van der Waals surface area (Å²) in [6.45, 7) is 7.52. The average molecular weight is 266 g/mol. The van der Waals surface area contributed by atoms with Crippen molar-refractivity contribution in [2.24, 2.45) is 0 Å². The van der Waals surface area contributed by atoms with E-state index in [1.807, 2.05) is 17.5 Å². The molecule has 0 unspecified atom stereocenters. The van der Waals surface area contributed by atoms with Crippen LogP contribution in [0.2, 0.25) is 0 Å². The Morgan fingerprint density at radius 2 is 2.28 bits per heavy atom. The average Bonchev–Trinajstić information content (AvgIpc) is 2.94. The Kier molecular flexibility index (Phi) is 4.04. The fourth-order valence-electron chi connectivity index (χ4n) is 1.32. The third kappa shape index (κ3) is 4.16. The van der Waals surface area contributed by atoms with Gasteiger partial charge in [0, 0.05) is 17.0 Å². The summed E-state index contributed by atoms with van der Waals surface area (Å²) in [6, 6.07) is 4.02. The molecule has 0 aliphatic heterocycles. The van der Waals surface area contributed by atoms with Gasteiger partial charge in [-0.15, -0.1) is 11.3 Å². The Hall–Kier alpha value is -1.33. The summed E-state index contributed by atoms with van der Waals surface area (Å²) in [5, 5.41) is 5.37. The van der Waals surface area contributed by atoms with Crippen LogP contribution in [0.5, 0.6) is 6.08 Å². The number of aromatic nitrogens is 1. The third-order valence-corrected chi connectivity index (χ3v) is 3.10. The Morgan fingerprint density at radius 1 is 1.44 bits per heavy atom. The molecule has 2 rings (SSSR count). The largest absolute Gasteiger partial charge is 0.444 e. The Labute approximate surface area is 111 Å². The number of rotatable bonds is 5. The van der Waals surface area contributed by atoms with Crippen molar-refractivity contribution >= 4 is 11.3 Å². The molecule has 0 bridgehead atoms. The maximum atomic E-state index is 5.47. The van der Waals surface area contributed by atoms with E-state index in [1.165, 1.54) is 0 Å². The van der Waals surface area contributed by atoms with Crippen LogP contribution in [0.15, 0.2) is 28.2 Å². The highest BCUT2D eigenvalue weighted by Gasteiger charge is 2.11. The number of nitrogens with one attached hydrogen (secondary N) is 1. The molecule has 2 aromatic heterocycles. The minimum absolute atomic E-state index is 0.0664. The van der Waals surface area contributed by atoms with Crippen LogP contribution >= 0.6 is 11.3 Å². The van der Waals surface area contributed by atoms with Crippen LogP contribution in [0.1, 0.15) is 31.3 Å². The van der Waals surface area contributed by atoms with Gasteiger partial charge in [-0.25, -0.2) is 0 Å². The first kappa shape index (κ1) is 13.1.